The van der Waals surface area contributed by atoms with E-state index in [9.17, 15) is 0 Å². The highest BCUT2D eigenvalue weighted by Crippen LogP contribution is 2.27. The zero-order valence-corrected chi connectivity index (χ0v) is 11.4. The average molecular weight is 241 g/mol. The summed E-state index contributed by atoms with van der Waals surface area (Å²) in [6, 6.07) is 0.0731. The van der Waals surface area contributed by atoms with Crippen molar-refractivity contribution < 1.29 is 9.26 Å². The maximum atomic E-state index is 5.71. The summed E-state index contributed by atoms with van der Waals surface area (Å²) in [5, 5.41) is 7.27. The van der Waals surface area contributed by atoms with Crippen molar-refractivity contribution in [3.63, 3.8) is 0 Å². The lowest BCUT2D eigenvalue weighted by Crippen LogP contribution is -2.27. The van der Waals surface area contributed by atoms with Gasteiger partial charge in [0.2, 0.25) is 11.7 Å². The first-order valence-electron chi connectivity index (χ1n) is 6.28. The van der Waals surface area contributed by atoms with Crippen molar-refractivity contribution in [2.45, 2.75) is 52.7 Å². The van der Waals surface area contributed by atoms with Gasteiger partial charge >= 0.3 is 0 Å². The molecule has 0 fully saturated rings. The first-order valence-corrected chi connectivity index (χ1v) is 6.28. The van der Waals surface area contributed by atoms with Gasteiger partial charge in [-0.05, 0) is 33.7 Å². The van der Waals surface area contributed by atoms with Gasteiger partial charge in [-0.25, -0.2) is 0 Å². The summed E-state index contributed by atoms with van der Waals surface area (Å²) in [5.74, 6) is 1.24. The van der Waals surface area contributed by atoms with E-state index in [0.717, 1.165) is 13.0 Å². The van der Waals surface area contributed by atoms with E-state index in [1.54, 1.807) is 0 Å². The fraction of sp³-hybridized carbons (Fsp3) is 0.833. The molecule has 1 aromatic rings. The van der Waals surface area contributed by atoms with Crippen LogP contribution in [0.15, 0.2) is 4.52 Å². The van der Waals surface area contributed by atoms with Crippen LogP contribution in [0.25, 0.3) is 0 Å². The lowest BCUT2D eigenvalue weighted by molar-refractivity contribution is -0.0403. The third-order valence-electron chi connectivity index (χ3n) is 2.93. The highest BCUT2D eigenvalue weighted by Gasteiger charge is 2.31. The van der Waals surface area contributed by atoms with E-state index in [2.05, 4.69) is 22.4 Å². The standard InChI is InChI=1S/C12H23N3O2/c1-6-12(5,16-8-3)11-14-10(17-15-11)9(4)13-7-2/h9,13H,6-8H2,1-5H3. The van der Waals surface area contributed by atoms with Gasteiger partial charge in [-0.1, -0.05) is 19.0 Å². The lowest BCUT2D eigenvalue weighted by Gasteiger charge is -2.23. The highest BCUT2D eigenvalue weighted by molar-refractivity contribution is 5.01. The predicted octanol–water partition coefficient (Wildman–Crippen LogP) is 2.40. The summed E-state index contributed by atoms with van der Waals surface area (Å²) in [6.45, 7) is 11.6. The van der Waals surface area contributed by atoms with Crippen LogP contribution in [-0.2, 0) is 10.3 Å². The molecule has 0 aromatic carbocycles. The molecule has 0 saturated heterocycles. The maximum absolute atomic E-state index is 5.71. The third-order valence-corrected chi connectivity index (χ3v) is 2.93. The topological polar surface area (TPSA) is 60.2 Å². The highest BCUT2D eigenvalue weighted by atomic mass is 16.5. The van der Waals surface area contributed by atoms with E-state index in [-0.39, 0.29) is 6.04 Å². The predicted molar refractivity (Wildman–Crippen MR) is 65.7 cm³/mol. The van der Waals surface area contributed by atoms with Crippen molar-refractivity contribution in [2.75, 3.05) is 13.2 Å². The van der Waals surface area contributed by atoms with Crippen LogP contribution in [0.4, 0.5) is 0 Å². The Morgan fingerprint density at radius 1 is 1.41 bits per heavy atom. The summed E-state index contributed by atoms with van der Waals surface area (Å²) < 4.78 is 11.0. The SMILES string of the molecule is CCNC(C)c1nc(C(C)(CC)OCC)no1. The molecule has 0 radical (unpaired) electrons. The van der Waals surface area contributed by atoms with Crippen LogP contribution in [0.3, 0.4) is 0 Å². The first-order chi connectivity index (χ1) is 8.07. The molecule has 0 aliphatic rings. The molecule has 1 N–H and O–H groups in total. The van der Waals surface area contributed by atoms with Crippen LogP contribution in [0.1, 0.15) is 58.8 Å². The van der Waals surface area contributed by atoms with Gasteiger partial charge in [0.05, 0.1) is 6.04 Å². The summed E-state index contributed by atoms with van der Waals surface area (Å²) in [4.78, 5) is 4.43. The van der Waals surface area contributed by atoms with Crippen molar-refractivity contribution in [2.24, 2.45) is 0 Å². The molecule has 1 rings (SSSR count). The van der Waals surface area contributed by atoms with E-state index in [0.29, 0.717) is 18.3 Å². The monoisotopic (exact) mass is 241 g/mol. The fourth-order valence-electron chi connectivity index (χ4n) is 1.66. The number of aromatic nitrogens is 2. The van der Waals surface area contributed by atoms with Crippen LogP contribution in [-0.4, -0.2) is 23.3 Å². The Morgan fingerprint density at radius 3 is 2.65 bits per heavy atom. The minimum absolute atomic E-state index is 0.0731. The molecule has 98 valence electrons. The molecule has 2 unspecified atom stereocenters. The molecule has 0 aliphatic heterocycles. The Bertz CT molecular complexity index is 340. The van der Waals surface area contributed by atoms with Gasteiger partial charge in [0, 0.05) is 6.61 Å². The van der Waals surface area contributed by atoms with Crippen LogP contribution in [0.2, 0.25) is 0 Å². The van der Waals surface area contributed by atoms with E-state index in [1.807, 2.05) is 27.7 Å². The minimum atomic E-state index is -0.456. The normalized spacial score (nSPS) is 16.8. The van der Waals surface area contributed by atoms with Crippen molar-refractivity contribution in [3.8, 4) is 0 Å². The van der Waals surface area contributed by atoms with Gasteiger partial charge in [0.1, 0.15) is 5.60 Å². The van der Waals surface area contributed by atoms with Crippen LogP contribution in [0, 0.1) is 0 Å². The molecule has 5 heteroatoms. The fourth-order valence-corrected chi connectivity index (χ4v) is 1.66. The van der Waals surface area contributed by atoms with Crippen LogP contribution >= 0.6 is 0 Å². The maximum Gasteiger partial charge on any atom is 0.243 e. The van der Waals surface area contributed by atoms with E-state index < -0.39 is 5.60 Å². The quantitative estimate of drug-likeness (QED) is 0.794. The van der Waals surface area contributed by atoms with Crippen molar-refractivity contribution in [1.29, 1.82) is 0 Å². The van der Waals surface area contributed by atoms with E-state index >= 15 is 0 Å². The van der Waals surface area contributed by atoms with E-state index in [1.165, 1.54) is 0 Å². The molecule has 0 spiro atoms. The molecule has 0 bridgehead atoms. The van der Waals surface area contributed by atoms with Crippen molar-refractivity contribution >= 4 is 0 Å². The van der Waals surface area contributed by atoms with Gasteiger partial charge in [-0.3, -0.25) is 0 Å². The second-order valence-electron chi connectivity index (χ2n) is 4.25. The van der Waals surface area contributed by atoms with Gasteiger partial charge in [-0.15, -0.1) is 0 Å². The van der Waals surface area contributed by atoms with E-state index in [4.69, 9.17) is 9.26 Å². The molecule has 0 aliphatic carbocycles. The summed E-state index contributed by atoms with van der Waals surface area (Å²) in [6.07, 6.45) is 0.815. The summed E-state index contributed by atoms with van der Waals surface area (Å²) in [5.41, 5.74) is -0.456. The molecule has 2 atom stereocenters. The number of nitrogens with zero attached hydrogens (tertiary/aromatic N) is 2. The molecule has 0 amide bonds. The Kier molecular flexibility index (Phi) is 5.08. The second-order valence-corrected chi connectivity index (χ2v) is 4.25. The van der Waals surface area contributed by atoms with Crippen LogP contribution < -0.4 is 5.32 Å². The third kappa shape index (κ3) is 3.26. The average Bonchev–Trinajstić information content (AvgIpc) is 2.79. The summed E-state index contributed by atoms with van der Waals surface area (Å²) in [7, 11) is 0. The number of hydrogen-bond donors (Lipinski definition) is 1. The Hall–Kier alpha value is -0.940. The van der Waals surface area contributed by atoms with Gasteiger partial charge < -0.3 is 14.6 Å². The van der Waals surface area contributed by atoms with Crippen LogP contribution in [0.5, 0.6) is 0 Å². The Morgan fingerprint density at radius 2 is 2.12 bits per heavy atom. The second kappa shape index (κ2) is 6.12. The number of hydrogen-bond acceptors (Lipinski definition) is 5. The molecule has 1 aromatic heterocycles. The number of ether oxygens (including phenoxy) is 1. The molecule has 5 nitrogen and oxygen atoms in total. The molecule has 0 saturated carbocycles. The molecule has 1 heterocycles. The minimum Gasteiger partial charge on any atom is -0.367 e. The Labute approximate surface area is 103 Å². The zero-order valence-electron chi connectivity index (χ0n) is 11.4. The number of nitrogens with one attached hydrogen (secondary N) is 1. The first kappa shape index (κ1) is 14.1. The molecular formula is C12H23N3O2. The Balaban J connectivity index is 2.85. The lowest BCUT2D eigenvalue weighted by atomic mass is 10.0. The zero-order chi connectivity index (χ0) is 12.9. The van der Waals surface area contributed by atoms with Gasteiger partial charge in [0.15, 0.2) is 0 Å². The van der Waals surface area contributed by atoms with Crippen molar-refractivity contribution in [1.82, 2.24) is 15.5 Å². The van der Waals surface area contributed by atoms with Crippen molar-refractivity contribution in [3.05, 3.63) is 11.7 Å². The number of rotatable bonds is 7. The smallest absolute Gasteiger partial charge is 0.243 e. The largest absolute Gasteiger partial charge is 0.367 e. The van der Waals surface area contributed by atoms with Gasteiger partial charge in [-0.2, -0.15) is 4.98 Å². The molecular weight excluding hydrogens is 218 g/mol. The summed E-state index contributed by atoms with van der Waals surface area (Å²) >= 11 is 0. The molecule has 17 heavy (non-hydrogen) atoms. The van der Waals surface area contributed by atoms with Gasteiger partial charge in [0.25, 0.3) is 0 Å².